The molecule has 0 fully saturated rings. The number of nitrogens with two attached hydrogens (primary N) is 1. The van der Waals surface area contributed by atoms with Crippen LogP contribution >= 0.6 is 0 Å². The summed E-state index contributed by atoms with van der Waals surface area (Å²) in [5.41, 5.74) is 11.5. The van der Waals surface area contributed by atoms with Crippen LogP contribution in [0.4, 0.5) is 11.4 Å². The van der Waals surface area contributed by atoms with Crippen LogP contribution < -0.4 is 11.1 Å². The van der Waals surface area contributed by atoms with Gasteiger partial charge in [-0.25, -0.2) is 0 Å². The van der Waals surface area contributed by atoms with Crippen molar-refractivity contribution in [3.63, 3.8) is 0 Å². The summed E-state index contributed by atoms with van der Waals surface area (Å²) in [7, 11) is 1.93. The first-order valence-electron chi connectivity index (χ1n) is 4.12. The van der Waals surface area contributed by atoms with E-state index in [1.165, 1.54) is 16.8 Å². The number of hydrogen-bond acceptors (Lipinski definition) is 2. The third kappa shape index (κ3) is 1.24. The molecular weight excluding hydrogens is 148 g/mol. The van der Waals surface area contributed by atoms with Gasteiger partial charge in [-0.15, -0.1) is 0 Å². The van der Waals surface area contributed by atoms with Crippen LogP contribution in [-0.2, 0) is 0 Å². The van der Waals surface area contributed by atoms with Gasteiger partial charge in [-0.3, -0.25) is 0 Å². The highest BCUT2D eigenvalue weighted by Crippen LogP contribution is 2.26. The SMILES string of the molecule is CNc1cc(C)c(N)c(C)c1C. The van der Waals surface area contributed by atoms with E-state index in [0.29, 0.717) is 0 Å². The van der Waals surface area contributed by atoms with Crippen molar-refractivity contribution in [3.8, 4) is 0 Å². The van der Waals surface area contributed by atoms with Gasteiger partial charge in [-0.1, -0.05) is 0 Å². The Morgan fingerprint density at radius 2 is 1.75 bits per heavy atom. The normalized spacial score (nSPS) is 10.0. The molecule has 0 aliphatic carbocycles. The van der Waals surface area contributed by atoms with E-state index in [0.717, 1.165) is 11.3 Å². The zero-order chi connectivity index (χ0) is 9.30. The van der Waals surface area contributed by atoms with Gasteiger partial charge in [0.15, 0.2) is 0 Å². The van der Waals surface area contributed by atoms with Crippen LogP contribution in [0.1, 0.15) is 16.7 Å². The third-order valence-electron chi connectivity index (χ3n) is 2.43. The first kappa shape index (κ1) is 8.91. The molecule has 1 rings (SSSR count). The van der Waals surface area contributed by atoms with Crippen molar-refractivity contribution in [1.29, 1.82) is 0 Å². The molecule has 0 bridgehead atoms. The molecule has 0 heterocycles. The predicted octanol–water partition coefficient (Wildman–Crippen LogP) is 2.24. The number of nitrogen functional groups attached to an aromatic ring is 1. The van der Waals surface area contributed by atoms with Gasteiger partial charge in [0.1, 0.15) is 0 Å². The Morgan fingerprint density at radius 3 is 2.25 bits per heavy atom. The Kier molecular flexibility index (Phi) is 2.27. The molecule has 0 unspecified atom stereocenters. The van der Waals surface area contributed by atoms with Crippen molar-refractivity contribution in [2.45, 2.75) is 20.8 Å². The maximum absolute atomic E-state index is 5.88. The lowest BCUT2D eigenvalue weighted by molar-refractivity contribution is 1.29. The van der Waals surface area contributed by atoms with Gasteiger partial charge in [0.05, 0.1) is 0 Å². The zero-order valence-electron chi connectivity index (χ0n) is 8.15. The average Bonchev–Trinajstić information content (AvgIpc) is 2.08. The summed E-state index contributed by atoms with van der Waals surface area (Å²) in [6.07, 6.45) is 0. The molecule has 1 aromatic carbocycles. The van der Waals surface area contributed by atoms with E-state index >= 15 is 0 Å². The molecule has 2 nitrogen and oxygen atoms in total. The summed E-state index contributed by atoms with van der Waals surface area (Å²) in [4.78, 5) is 0. The van der Waals surface area contributed by atoms with Gasteiger partial charge in [0.2, 0.25) is 0 Å². The Labute approximate surface area is 73.8 Å². The molecule has 12 heavy (non-hydrogen) atoms. The van der Waals surface area contributed by atoms with E-state index in [-0.39, 0.29) is 0 Å². The molecule has 2 heteroatoms. The summed E-state index contributed by atoms with van der Waals surface area (Å²) in [6, 6.07) is 2.08. The highest BCUT2D eigenvalue weighted by Gasteiger charge is 2.05. The van der Waals surface area contributed by atoms with E-state index in [2.05, 4.69) is 25.2 Å². The van der Waals surface area contributed by atoms with Crippen molar-refractivity contribution < 1.29 is 0 Å². The van der Waals surface area contributed by atoms with E-state index < -0.39 is 0 Å². The van der Waals surface area contributed by atoms with Crippen LogP contribution in [0.3, 0.4) is 0 Å². The fraction of sp³-hybridized carbons (Fsp3) is 0.400. The molecule has 0 amide bonds. The Hall–Kier alpha value is -1.18. The highest BCUT2D eigenvalue weighted by atomic mass is 14.8. The summed E-state index contributed by atoms with van der Waals surface area (Å²) in [6.45, 7) is 6.16. The summed E-state index contributed by atoms with van der Waals surface area (Å²) in [5, 5.41) is 3.15. The van der Waals surface area contributed by atoms with Gasteiger partial charge in [-0.05, 0) is 43.5 Å². The van der Waals surface area contributed by atoms with Gasteiger partial charge in [0.25, 0.3) is 0 Å². The Bertz CT molecular complexity index is 303. The van der Waals surface area contributed by atoms with Crippen LogP contribution in [-0.4, -0.2) is 7.05 Å². The monoisotopic (exact) mass is 164 g/mol. The van der Waals surface area contributed by atoms with E-state index in [1.807, 2.05) is 14.0 Å². The van der Waals surface area contributed by atoms with Crippen LogP contribution in [0, 0.1) is 20.8 Å². The molecule has 0 aliphatic rings. The van der Waals surface area contributed by atoms with Crippen LogP contribution in [0.2, 0.25) is 0 Å². The van der Waals surface area contributed by atoms with E-state index in [9.17, 15) is 0 Å². The molecule has 0 atom stereocenters. The fourth-order valence-electron chi connectivity index (χ4n) is 1.36. The lowest BCUT2D eigenvalue weighted by Gasteiger charge is -2.13. The number of aryl methyl sites for hydroxylation is 1. The second kappa shape index (κ2) is 3.05. The lowest BCUT2D eigenvalue weighted by atomic mass is 10.0. The van der Waals surface area contributed by atoms with Crippen molar-refractivity contribution in [2.24, 2.45) is 0 Å². The fourth-order valence-corrected chi connectivity index (χ4v) is 1.36. The smallest absolute Gasteiger partial charge is 0.0377 e. The van der Waals surface area contributed by atoms with Crippen LogP contribution in [0.25, 0.3) is 0 Å². The molecule has 66 valence electrons. The van der Waals surface area contributed by atoms with Crippen molar-refractivity contribution in [3.05, 3.63) is 22.8 Å². The number of hydrogen-bond donors (Lipinski definition) is 2. The zero-order valence-corrected chi connectivity index (χ0v) is 8.15. The summed E-state index contributed by atoms with van der Waals surface area (Å²) < 4.78 is 0. The largest absolute Gasteiger partial charge is 0.398 e. The maximum Gasteiger partial charge on any atom is 0.0377 e. The van der Waals surface area contributed by atoms with Crippen LogP contribution in [0.5, 0.6) is 0 Å². The third-order valence-corrected chi connectivity index (χ3v) is 2.43. The quantitative estimate of drug-likeness (QED) is 0.625. The highest BCUT2D eigenvalue weighted by molar-refractivity contribution is 5.66. The number of rotatable bonds is 1. The number of anilines is 2. The summed E-state index contributed by atoms with van der Waals surface area (Å²) >= 11 is 0. The minimum absolute atomic E-state index is 0.909. The molecule has 0 radical (unpaired) electrons. The van der Waals surface area contributed by atoms with Gasteiger partial charge >= 0.3 is 0 Å². The molecule has 0 saturated heterocycles. The lowest BCUT2D eigenvalue weighted by Crippen LogP contribution is -2.00. The molecule has 0 spiro atoms. The maximum atomic E-state index is 5.88. The number of nitrogens with one attached hydrogen (secondary N) is 1. The predicted molar refractivity (Wildman–Crippen MR) is 54.6 cm³/mol. The van der Waals surface area contributed by atoms with E-state index in [4.69, 9.17) is 5.73 Å². The average molecular weight is 164 g/mol. The molecule has 0 aliphatic heterocycles. The minimum Gasteiger partial charge on any atom is -0.398 e. The Balaban J connectivity index is 3.39. The minimum atomic E-state index is 0.909. The molecular formula is C10H16N2. The second-order valence-electron chi connectivity index (χ2n) is 3.15. The van der Waals surface area contributed by atoms with Crippen molar-refractivity contribution >= 4 is 11.4 Å². The first-order chi connectivity index (χ1) is 5.57. The molecule has 0 aromatic heterocycles. The number of benzene rings is 1. The van der Waals surface area contributed by atoms with Crippen molar-refractivity contribution in [1.82, 2.24) is 0 Å². The van der Waals surface area contributed by atoms with Gasteiger partial charge < -0.3 is 11.1 Å². The molecule has 0 saturated carbocycles. The second-order valence-corrected chi connectivity index (χ2v) is 3.15. The summed E-state index contributed by atoms with van der Waals surface area (Å²) in [5.74, 6) is 0. The first-order valence-corrected chi connectivity index (χ1v) is 4.12. The van der Waals surface area contributed by atoms with Crippen molar-refractivity contribution in [2.75, 3.05) is 18.1 Å². The standard InChI is InChI=1S/C10H16N2/c1-6-5-9(12-4)7(2)8(3)10(6)11/h5,12H,11H2,1-4H3. The van der Waals surface area contributed by atoms with Gasteiger partial charge in [0, 0.05) is 18.4 Å². The Morgan fingerprint density at radius 1 is 1.17 bits per heavy atom. The molecule has 3 N–H and O–H groups in total. The van der Waals surface area contributed by atoms with Gasteiger partial charge in [-0.2, -0.15) is 0 Å². The molecule has 1 aromatic rings. The topological polar surface area (TPSA) is 38.0 Å². The van der Waals surface area contributed by atoms with Crippen LogP contribution in [0.15, 0.2) is 6.07 Å². The van der Waals surface area contributed by atoms with E-state index in [1.54, 1.807) is 0 Å².